The fraction of sp³-hybridized carbons (Fsp3) is 0.429. The standard InChI is InChI=1S/C7H11N3O2S/c1-6(13(11,12)8-2)7-9-4-3-5-10-7/h3-6,8H,1-2H3. The van der Waals surface area contributed by atoms with Crippen molar-refractivity contribution in [3.8, 4) is 0 Å². The lowest BCUT2D eigenvalue weighted by Gasteiger charge is -2.09. The van der Waals surface area contributed by atoms with Gasteiger partial charge in [0.05, 0.1) is 0 Å². The Morgan fingerprint density at radius 3 is 2.38 bits per heavy atom. The first-order valence-corrected chi connectivity index (χ1v) is 5.32. The number of nitrogens with one attached hydrogen (secondary N) is 1. The van der Waals surface area contributed by atoms with Gasteiger partial charge in [0.1, 0.15) is 11.1 Å². The van der Waals surface area contributed by atoms with Gasteiger partial charge in [-0.25, -0.2) is 23.1 Å². The smallest absolute Gasteiger partial charge is 0.221 e. The van der Waals surface area contributed by atoms with Gasteiger partial charge < -0.3 is 0 Å². The average molecular weight is 201 g/mol. The first kappa shape index (κ1) is 10.1. The Kier molecular flexibility index (Phi) is 2.94. The number of sulfonamides is 1. The Bertz CT molecular complexity index is 363. The van der Waals surface area contributed by atoms with Crippen LogP contribution in [0, 0.1) is 0 Å². The molecule has 72 valence electrons. The van der Waals surface area contributed by atoms with Crippen molar-refractivity contribution >= 4 is 10.0 Å². The summed E-state index contributed by atoms with van der Waals surface area (Å²) in [5, 5.41) is -0.723. The van der Waals surface area contributed by atoms with Gasteiger partial charge in [-0.05, 0) is 20.0 Å². The van der Waals surface area contributed by atoms with E-state index in [4.69, 9.17) is 0 Å². The Morgan fingerprint density at radius 2 is 1.92 bits per heavy atom. The molecule has 1 rings (SSSR count). The molecule has 1 heterocycles. The highest BCUT2D eigenvalue weighted by Crippen LogP contribution is 2.14. The fourth-order valence-electron chi connectivity index (χ4n) is 0.836. The van der Waals surface area contributed by atoms with Crippen LogP contribution in [-0.2, 0) is 10.0 Å². The van der Waals surface area contributed by atoms with Gasteiger partial charge in [-0.15, -0.1) is 0 Å². The molecule has 1 aromatic heterocycles. The Morgan fingerprint density at radius 1 is 1.38 bits per heavy atom. The summed E-state index contributed by atoms with van der Waals surface area (Å²) >= 11 is 0. The molecule has 6 heteroatoms. The predicted molar refractivity (Wildman–Crippen MR) is 48.4 cm³/mol. The van der Waals surface area contributed by atoms with Gasteiger partial charge in [-0.3, -0.25) is 0 Å². The number of nitrogens with zero attached hydrogens (tertiary/aromatic N) is 2. The van der Waals surface area contributed by atoms with Gasteiger partial charge >= 0.3 is 0 Å². The minimum absolute atomic E-state index is 0.303. The number of hydrogen-bond acceptors (Lipinski definition) is 4. The van der Waals surface area contributed by atoms with Gasteiger partial charge in [-0.1, -0.05) is 0 Å². The monoisotopic (exact) mass is 201 g/mol. The van der Waals surface area contributed by atoms with Crippen molar-refractivity contribution in [2.45, 2.75) is 12.2 Å². The molecule has 5 nitrogen and oxygen atoms in total. The second-order valence-electron chi connectivity index (χ2n) is 2.50. The molecule has 0 aliphatic heterocycles. The maximum Gasteiger partial charge on any atom is 0.221 e. The van der Waals surface area contributed by atoms with Gasteiger partial charge in [0.15, 0.2) is 0 Å². The fourth-order valence-corrected chi connectivity index (χ4v) is 1.59. The van der Waals surface area contributed by atoms with E-state index in [-0.39, 0.29) is 0 Å². The Labute approximate surface area is 77.3 Å². The quantitative estimate of drug-likeness (QED) is 0.752. The van der Waals surface area contributed by atoms with Crippen LogP contribution in [0.15, 0.2) is 18.5 Å². The van der Waals surface area contributed by atoms with Gasteiger partial charge in [0.25, 0.3) is 0 Å². The topological polar surface area (TPSA) is 72.0 Å². The van der Waals surface area contributed by atoms with Crippen molar-refractivity contribution < 1.29 is 8.42 Å². The van der Waals surface area contributed by atoms with Crippen LogP contribution in [0.5, 0.6) is 0 Å². The molecule has 0 aliphatic carbocycles. The van der Waals surface area contributed by atoms with Crippen molar-refractivity contribution in [3.63, 3.8) is 0 Å². The van der Waals surface area contributed by atoms with Gasteiger partial charge in [0, 0.05) is 12.4 Å². The van der Waals surface area contributed by atoms with Crippen LogP contribution >= 0.6 is 0 Å². The molecular weight excluding hydrogens is 190 g/mol. The Balaban J connectivity index is 2.99. The van der Waals surface area contributed by atoms with Crippen LogP contribution in [0.2, 0.25) is 0 Å². The highest BCUT2D eigenvalue weighted by Gasteiger charge is 2.22. The van der Waals surface area contributed by atoms with E-state index in [1.807, 2.05) is 0 Å². The molecule has 0 fully saturated rings. The van der Waals surface area contributed by atoms with Crippen molar-refractivity contribution in [1.29, 1.82) is 0 Å². The van der Waals surface area contributed by atoms with E-state index >= 15 is 0 Å². The zero-order valence-electron chi connectivity index (χ0n) is 7.43. The van der Waals surface area contributed by atoms with E-state index in [1.165, 1.54) is 19.4 Å². The number of hydrogen-bond donors (Lipinski definition) is 1. The minimum Gasteiger partial charge on any atom is -0.240 e. The zero-order valence-corrected chi connectivity index (χ0v) is 8.25. The summed E-state index contributed by atoms with van der Waals surface area (Å²) in [5.74, 6) is 0.303. The molecule has 0 spiro atoms. The van der Waals surface area contributed by atoms with Crippen molar-refractivity contribution in [2.75, 3.05) is 7.05 Å². The van der Waals surface area contributed by atoms with E-state index in [0.29, 0.717) is 5.82 Å². The highest BCUT2D eigenvalue weighted by atomic mass is 32.2. The number of aromatic nitrogens is 2. The average Bonchev–Trinajstić information content (AvgIpc) is 2.18. The highest BCUT2D eigenvalue weighted by molar-refractivity contribution is 7.89. The van der Waals surface area contributed by atoms with E-state index in [9.17, 15) is 8.42 Å². The van der Waals surface area contributed by atoms with Crippen LogP contribution in [0.3, 0.4) is 0 Å². The van der Waals surface area contributed by atoms with Crippen LogP contribution in [0.4, 0.5) is 0 Å². The second kappa shape index (κ2) is 3.80. The van der Waals surface area contributed by atoms with Crippen LogP contribution in [-0.4, -0.2) is 25.4 Å². The van der Waals surface area contributed by atoms with Gasteiger partial charge in [0.2, 0.25) is 10.0 Å². The van der Waals surface area contributed by atoms with E-state index in [0.717, 1.165) is 0 Å². The molecule has 1 unspecified atom stereocenters. The summed E-state index contributed by atoms with van der Waals surface area (Å²) in [7, 11) is -1.96. The molecular formula is C7H11N3O2S. The van der Waals surface area contributed by atoms with Crippen molar-refractivity contribution in [2.24, 2.45) is 0 Å². The molecule has 1 atom stereocenters. The predicted octanol–water partition coefficient (Wildman–Crippen LogP) is 0.0868. The lowest BCUT2D eigenvalue weighted by molar-refractivity contribution is 0.574. The van der Waals surface area contributed by atoms with Crippen LogP contribution < -0.4 is 4.72 Å². The summed E-state index contributed by atoms with van der Waals surface area (Å²) < 4.78 is 24.8. The maximum atomic E-state index is 11.3. The molecule has 0 saturated carbocycles. The van der Waals surface area contributed by atoms with E-state index in [1.54, 1.807) is 13.0 Å². The molecule has 0 bridgehead atoms. The summed E-state index contributed by atoms with van der Waals surface area (Å²) in [6.07, 6.45) is 3.04. The normalized spacial score (nSPS) is 14.0. The third-order valence-electron chi connectivity index (χ3n) is 1.70. The van der Waals surface area contributed by atoms with Gasteiger partial charge in [-0.2, -0.15) is 0 Å². The molecule has 0 aromatic carbocycles. The molecule has 0 aliphatic rings. The molecule has 0 radical (unpaired) electrons. The SMILES string of the molecule is CNS(=O)(=O)C(C)c1ncccn1. The molecule has 1 aromatic rings. The largest absolute Gasteiger partial charge is 0.240 e. The van der Waals surface area contributed by atoms with Crippen molar-refractivity contribution in [3.05, 3.63) is 24.3 Å². The maximum absolute atomic E-state index is 11.3. The zero-order chi connectivity index (χ0) is 9.90. The summed E-state index contributed by atoms with van der Waals surface area (Å²) in [6.45, 7) is 1.54. The lowest BCUT2D eigenvalue weighted by atomic mass is 10.4. The van der Waals surface area contributed by atoms with E-state index < -0.39 is 15.3 Å². The first-order valence-electron chi connectivity index (χ1n) is 3.77. The molecule has 1 N–H and O–H groups in total. The van der Waals surface area contributed by atoms with Crippen molar-refractivity contribution in [1.82, 2.24) is 14.7 Å². The number of rotatable bonds is 3. The van der Waals surface area contributed by atoms with E-state index in [2.05, 4.69) is 14.7 Å². The first-order chi connectivity index (χ1) is 6.08. The van der Waals surface area contributed by atoms with Crippen LogP contribution in [0.1, 0.15) is 18.0 Å². The minimum atomic E-state index is -3.33. The lowest BCUT2D eigenvalue weighted by Crippen LogP contribution is -2.25. The Hall–Kier alpha value is -1.01. The molecule has 0 amide bonds. The van der Waals surface area contributed by atoms with Crippen LogP contribution in [0.25, 0.3) is 0 Å². The summed E-state index contributed by atoms with van der Waals surface area (Å²) in [4.78, 5) is 7.73. The molecule has 13 heavy (non-hydrogen) atoms. The molecule has 0 saturated heterocycles. The third kappa shape index (κ3) is 2.22. The second-order valence-corrected chi connectivity index (χ2v) is 4.70. The summed E-state index contributed by atoms with van der Waals surface area (Å²) in [6, 6.07) is 1.64. The summed E-state index contributed by atoms with van der Waals surface area (Å²) in [5.41, 5.74) is 0. The third-order valence-corrected chi connectivity index (χ3v) is 3.41.